The Labute approximate surface area is 209 Å². The summed E-state index contributed by atoms with van der Waals surface area (Å²) >= 11 is 0. The van der Waals surface area contributed by atoms with Crippen molar-refractivity contribution in [2.24, 2.45) is 21.9 Å². The average molecular weight is 495 g/mol. The number of nitrogens with two attached hydrogens (primary N) is 2. The van der Waals surface area contributed by atoms with E-state index in [-0.39, 0.29) is 11.3 Å². The first-order chi connectivity index (χ1) is 16.5. The topological polar surface area (TPSA) is 121 Å². The summed E-state index contributed by atoms with van der Waals surface area (Å²) in [6, 6.07) is 13.7. The van der Waals surface area contributed by atoms with Crippen molar-refractivity contribution < 1.29 is 13.7 Å². The van der Waals surface area contributed by atoms with Crippen LogP contribution in [0.1, 0.15) is 38.8 Å². The molecule has 2 aromatic carbocycles. The van der Waals surface area contributed by atoms with E-state index in [0.717, 1.165) is 39.3 Å². The van der Waals surface area contributed by atoms with Crippen molar-refractivity contribution in [3.8, 4) is 11.5 Å². The minimum atomic E-state index is -1.03. The molecule has 0 aliphatic rings. The summed E-state index contributed by atoms with van der Waals surface area (Å²) in [4.78, 5) is 18.4. The number of pyridine rings is 1. The van der Waals surface area contributed by atoms with Crippen LogP contribution in [0.15, 0.2) is 70.3 Å². The van der Waals surface area contributed by atoms with E-state index >= 15 is 0 Å². The summed E-state index contributed by atoms with van der Waals surface area (Å²) in [6.07, 6.45) is 6.29. The molecule has 1 heterocycles. The van der Waals surface area contributed by atoms with Crippen LogP contribution in [0.4, 0.5) is 0 Å². The van der Waals surface area contributed by atoms with E-state index in [1.54, 1.807) is 12.5 Å². The van der Waals surface area contributed by atoms with Gasteiger partial charge in [0.05, 0.1) is 5.52 Å². The molecule has 1 amide bonds. The molecular formula is C27H34N4O3S. The number of allylic oxidation sites excluding steroid dienone is 1. The van der Waals surface area contributed by atoms with Crippen molar-refractivity contribution >= 4 is 33.9 Å². The van der Waals surface area contributed by atoms with Crippen molar-refractivity contribution in [1.29, 1.82) is 0 Å². The molecule has 0 radical (unpaired) electrons. The molecule has 1 unspecified atom stereocenters. The zero-order valence-electron chi connectivity index (χ0n) is 21.2. The highest BCUT2D eigenvalue weighted by molar-refractivity contribution is 7.84. The largest absolute Gasteiger partial charge is 0.456 e. The monoisotopic (exact) mass is 494 g/mol. The van der Waals surface area contributed by atoms with Gasteiger partial charge in [-0.1, -0.05) is 39.8 Å². The van der Waals surface area contributed by atoms with Gasteiger partial charge in [-0.3, -0.25) is 14.0 Å². The fourth-order valence-corrected chi connectivity index (χ4v) is 3.55. The maximum absolute atomic E-state index is 11.7. The second kappa shape index (κ2) is 12.3. The van der Waals surface area contributed by atoms with Crippen LogP contribution < -0.4 is 16.2 Å². The van der Waals surface area contributed by atoms with Gasteiger partial charge < -0.3 is 16.2 Å². The number of fused-ring (bicyclic) bond motifs is 1. The van der Waals surface area contributed by atoms with Crippen molar-refractivity contribution in [2.45, 2.75) is 45.9 Å². The van der Waals surface area contributed by atoms with Crippen molar-refractivity contribution in [2.75, 3.05) is 6.26 Å². The standard InChI is InChI=1S/C19H19NO2S.C8H15N3O/c1-4-14-5-8-18(13(2)11-14)22-19-9-10-20-17-7-6-15(23(3)21)12-16(17)19;1-8(2,3)6(9)4-7(10)11-5-12/h5-12H,4H2,1-3H3;4-5H,9H2,1-3H3,(H2,10,11,12)/b;6-4-. The minimum Gasteiger partial charge on any atom is -0.456 e. The first-order valence-electron chi connectivity index (χ1n) is 11.2. The smallest absolute Gasteiger partial charge is 0.234 e. The lowest BCUT2D eigenvalue weighted by molar-refractivity contribution is -0.106. The van der Waals surface area contributed by atoms with E-state index in [4.69, 9.17) is 16.2 Å². The van der Waals surface area contributed by atoms with Crippen LogP contribution in [0, 0.1) is 12.3 Å². The van der Waals surface area contributed by atoms with Gasteiger partial charge in [0.1, 0.15) is 17.3 Å². The van der Waals surface area contributed by atoms with Gasteiger partial charge in [-0.15, -0.1) is 0 Å². The molecule has 4 N–H and O–H groups in total. The van der Waals surface area contributed by atoms with Crippen LogP contribution in [0.2, 0.25) is 0 Å². The molecule has 0 fully saturated rings. The van der Waals surface area contributed by atoms with Crippen LogP contribution in [0.5, 0.6) is 11.5 Å². The minimum absolute atomic E-state index is 0.137. The van der Waals surface area contributed by atoms with Gasteiger partial charge in [-0.2, -0.15) is 4.99 Å². The number of hydrogen-bond donors (Lipinski definition) is 2. The molecule has 3 aromatic rings. The van der Waals surface area contributed by atoms with E-state index in [0.29, 0.717) is 12.1 Å². The van der Waals surface area contributed by atoms with Crippen molar-refractivity contribution in [3.05, 3.63) is 71.6 Å². The molecule has 186 valence electrons. The second-order valence-electron chi connectivity index (χ2n) is 9.01. The number of ether oxygens (including phenoxy) is 1. The van der Waals surface area contributed by atoms with Crippen LogP contribution in [0.3, 0.4) is 0 Å². The summed E-state index contributed by atoms with van der Waals surface area (Å²) in [5, 5.41) is 0.874. The Kier molecular flexibility index (Phi) is 9.71. The van der Waals surface area contributed by atoms with E-state index in [1.807, 2.05) is 58.0 Å². The first-order valence-corrected chi connectivity index (χ1v) is 12.8. The average Bonchev–Trinajstić information content (AvgIpc) is 2.80. The zero-order chi connectivity index (χ0) is 26.2. The maximum atomic E-state index is 11.7. The molecule has 1 aromatic heterocycles. The maximum Gasteiger partial charge on any atom is 0.234 e. The molecule has 3 rings (SSSR count). The summed E-state index contributed by atoms with van der Waals surface area (Å²) in [7, 11) is -1.03. The van der Waals surface area contributed by atoms with E-state index in [1.165, 1.54) is 11.6 Å². The Morgan fingerprint density at radius 3 is 2.40 bits per heavy atom. The van der Waals surface area contributed by atoms with Gasteiger partial charge >= 0.3 is 0 Å². The predicted molar refractivity (Wildman–Crippen MR) is 144 cm³/mol. The van der Waals surface area contributed by atoms with Crippen LogP contribution in [0.25, 0.3) is 10.9 Å². The number of amides is 1. The number of carbonyl (C=O) groups excluding carboxylic acids is 1. The zero-order valence-corrected chi connectivity index (χ0v) is 22.0. The van der Waals surface area contributed by atoms with E-state index < -0.39 is 10.8 Å². The SMILES string of the molecule is CC(C)(C)/C(N)=C/C(N)=NC=O.CCc1ccc(Oc2ccnc3ccc(S(C)=O)cc23)c(C)c1. The Morgan fingerprint density at radius 2 is 1.83 bits per heavy atom. The number of aliphatic imine (C=N–C) groups is 1. The number of carbonyl (C=O) groups is 1. The third-order valence-corrected chi connectivity index (χ3v) is 6.16. The molecule has 35 heavy (non-hydrogen) atoms. The molecule has 0 saturated carbocycles. The van der Waals surface area contributed by atoms with Crippen LogP contribution >= 0.6 is 0 Å². The molecule has 8 heteroatoms. The Balaban J connectivity index is 0.000000307. The Hall–Kier alpha value is -3.52. The Morgan fingerprint density at radius 1 is 1.11 bits per heavy atom. The summed E-state index contributed by atoms with van der Waals surface area (Å²) in [5.41, 5.74) is 14.7. The summed E-state index contributed by atoms with van der Waals surface area (Å²) in [5.74, 6) is 1.70. The number of benzene rings is 2. The van der Waals surface area contributed by atoms with Crippen LogP contribution in [-0.4, -0.2) is 27.7 Å². The Bertz CT molecular complexity index is 1280. The normalized spacial score (nSPS) is 13.1. The summed E-state index contributed by atoms with van der Waals surface area (Å²) < 4.78 is 17.9. The van der Waals surface area contributed by atoms with Gasteiger partial charge in [-0.05, 0) is 60.9 Å². The van der Waals surface area contributed by atoms with Gasteiger partial charge in [0, 0.05) is 44.6 Å². The fraction of sp³-hybridized carbons (Fsp3) is 0.296. The molecule has 0 bridgehead atoms. The van der Waals surface area contributed by atoms with E-state index in [9.17, 15) is 9.00 Å². The number of aryl methyl sites for hydroxylation is 2. The lowest BCUT2D eigenvalue weighted by atomic mass is 9.92. The van der Waals surface area contributed by atoms with Gasteiger partial charge in [-0.25, -0.2) is 0 Å². The highest BCUT2D eigenvalue weighted by Crippen LogP contribution is 2.32. The molecule has 0 aliphatic heterocycles. The third-order valence-electron chi connectivity index (χ3n) is 5.24. The van der Waals surface area contributed by atoms with Gasteiger partial charge in [0.25, 0.3) is 0 Å². The lowest BCUT2D eigenvalue weighted by Gasteiger charge is -2.18. The summed E-state index contributed by atoms with van der Waals surface area (Å²) in [6.45, 7) is 10.0. The second-order valence-corrected chi connectivity index (χ2v) is 10.4. The van der Waals surface area contributed by atoms with Gasteiger partial charge in [0.2, 0.25) is 6.41 Å². The number of hydrogen-bond acceptors (Lipinski definition) is 5. The lowest BCUT2D eigenvalue weighted by Crippen LogP contribution is -2.21. The predicted octanol–water partition coefficient (Wildman–Crippen LogP) is 5.02. The number of nitrogens with zero attached hydrogens (tertiary/aromatic N) is 2. The van der Waals surface area contributed by atoms with E-state index in [2.05, 4.69) is 29.0 Å². The highest BCUT2D eigenvalue weighted by Gasteiger charge is 2.13. The molecule has 1 atom stereocenters. The third kappa shape index (κ3) is 8.03. The molecular weight excluding hydrogens is 460 g/mol. The van der Waals surface area contributed by atoms with Crippen molar-refractivity contribution in [3.63, 3.8) is 0 Å². The molecule has 0 spiro atoms. The first kappa shape index (κ1) is 27.7. The van der Waals surface area contributed by atoms with Crippen LogP contribution in [-0.2, 0) is 22.0 Å². The number of aromatic nitrogens is 1. The molecule has 0 saturated heterocycles. The van der Waals surface area contributed by atoms with Crippen molar-refractivity contribution in [1.82, 2.24) is 4.98 Å². The number of amidine groups is 1. The number of rotatable bonds is 6. The van der Waals surface area contributed by atoms with Gasteiger partial charge in [0.15, 0.2) is 0 Å². The molecule has 7 nitrogen and oxygen atoms in total. The fourth-order valence-electron chi connectivity index (χ4n) is 3.01. The highest BCUT2D eigenvalue weighted by atomic mass is 32.2. The molecule has 0 aliphatic carbocycles. The quantitative estimate of drug-likeness (QED) is 0.282.